The number of hydrogen-bond donors (Lipinski definition) is 1. The molecule has 0 amide bonds. The normalized spacial score (nSPS) is 14.6. The molecule has 86 valence electrons. The van der Waals surface area contributed by atoms with Gasteiger partial charge in [0.05, 0.1) is 19.0 Å². The summed E-state index contributed by atoms with van der Waals surface area (Å²) in [5.41, 5.74) is 6.52. The summed E-state index contributed by atoms with van der Waals surface area (Å²) in [6, 6.07) is 2.09. The first-order valence-corrected chi connectivity index (χ1v) is 5.20. The van der Waals surface area contributed by atoms with E-state index in [2.05, 4.69) is 4.98 Å². The van der Waals surface area contributed by atoms with E-state index >= 15 is 0 Å². The van der Waals surface area contributed by atoms with Crippen LogP contribution < -0.4 is 10.6 Å². The summed E-state index contributed by atoms with van der Waals surface area (Å²) in [6.07, 6.45) is 3.84. The molecule has 0 radical (unpaired) electrons. The highest BCUT2D eigenvalue weighted by molar-refractivity contribution is 5.95. The smallest absolute Gasteiger partial charge is 0.341 e. The Balaban J connectivity index is 2.38. The van der Waals surface area contributed by atoms with Crippen molar-refractivity contribution in [2.45, 2.75) is 18.9 Å². The monoisotopic (exact) mass is 221 g/mol. The predicted molar refractivity (Wildman–Crippen MR) is 61.4 cm³/mol. The summed E-state index contributed by atoms with van der Waals surface area (Å²) in [4.78, 5) is 17.8. The fraction of sp³-hybridized carbons (Fsp3) is 0.455. The zero-order chi connectivity index (χ0) is 11.7. The summed E-state index contributed by atoms with van der Waals surface area (Å²) < 4.78 is 4.72. The van der Waals surface area contributed by atoms with Crippen LogP contribution in [-0.4, -0.2) is 31.2 Å². The Bertz CT molecular complexity index is 416. The van der Waals surface area contributed by atoms with Crippen molar-refractivity contribution in [3.8, 4) is 0 Å². The van der Waals surface area contributed by atoms with E-state index in [4.69, 9.17) is 10.5 Å². The Morgan fingerprint density at radius 1 is 1.62 bits per heavy atom. The van der Waals surface area contributed by atoms with Gasteiger partial charge in [0.2, 0.25) is 0 Å². The van der Waals surface area contributed by atoms with E-state index in [-0.39, 0.29) is 0 Å². The molecular formula is C11H15N3O2. The maximum atomic E-state index is 11.6. The first-order chi connectivity index (χ1) is 7.63. The summed E-state index contributed by atoms with van der Waals surface area (Å²) >= 11 is 0. The third-order valence-corrected chi connectivity index (χ3v) is 2.72. The van der Waals surface area contributed by atoms with Gasteiger partial charge in [-0.15, -0.1) is 0 Å². The van der Waals surface area contributed by atoms with Crippen molar-refractivity contribution in [3.63, 3.8) is 0 Å². The van der Waals surface area contributed by atoms with Gasteiger partial charge in [0, 0.05) is 13.1 Å². The number of nitrogens with zero attached hydrogens (tertiary/aromatic N) is 2. The van der Waals surface area contributed by atoms with Crippen LogP contribution in [0.15, 0.2) is 12.3 Å². The average Bonchev–Trinajstić information content (AvgIpc) is 3.11. The second-order valence-corrected chi connectivity index (χ2v) is 3.97. The van der Waals surface area contributed by atoms with Crippen LogP contribution in [0.4, 0.5) is 11.5 Å². The Labute approximate surface area is 94.2 Å². The molecule has 1 aliphatic rings. The molecule has 5 nitrogen and oxygen atoms in total. The molecule has 0 aromatic carbocycles. The van der Waals surface area contributed by atoms with E-state index in [0.29, 0.717) is 23.1 Å². The van der Waals surface area contributed by atoms with Gasteiger partial charge in [0.15, 0.2) is 0 Å². The number of hydrogen-bond acceptors (Lipinski definition) is 5. The number of methoxy groups -OCH3 is 1. The van der Waals surface area contributed by atoms with Crippen LogP contribution in [-0.2, 0) is 4.74 Å². The molecule has 1 saturated carbocycles. The lowest BCUT2D eigenvalue weighted by atomic mass is 10.2. The number of carbonyl (C=O) groups excluding carboxylic acids is 1. The number of carbonyl (C=O) groups is 1. The molecule has 1 aromatic rings. The van der Waals surface area contributed by atoms with E-state index in [1.54, 1.807) is 12.3 Å². The van der Waals surface area contributed by atoms with E-state index in [1.807, 2.05) is 11.9 Å². The molecule has 0 bridgehead atoms. The van der Waals surface area contributed by atoms with Crippen LogP contribution in [0.25, 0.3) is 0 Å². The van der Waals surface area contributed by atoms with Crippen molar-refractivity contribution in [2.75, 3.05) is 24.8 Å². The number of aromatic nitrogens is 1. The van der Waals surface area contributed by atoms with Crippen LogP contribution in [0.5, 0.6) is 0 Å². The van der Waals surface area contributed by atoms with E-state index in [1.165, 1.54) is 7.11 Å². The average molecular weight is 221 g/mol. The molecule has 2 N–H and O–H groups in total. The Hall–Kier alpha value is -1.78. The van der Waals surface area contributed by atoms with Gasteiger partial charge in [-0.25, -0.2) is 9.78 Å². The molecular weight excluding hydrogens is 206 g/mol. The van der Waals surface area contributed by atoms with Crippen molar-refractivity contribution in [1.82, 2.24) is 4.98 Å². The molecule has 0 atom stereocenters. The molecule has 2 rings (SSSR count). The summed E-state index contributed by atoms with van der Waals surface area (Å²) in [6.45, 7) is 0. The summed E-state index contributed by atoms with van der Waals surface area (Å²) in [5, 5.41) is 0. The number of anilines is 2. The largest absolute Gasteiger partial charge is 0.465 e. The minimum Gasteiger partial charge on any atom is -0.465 e. The number of rotatable bonds is 3. The molecule has 5 heteroatoms. The van der Waals surface area contributed by atoms with Crippen molar-refractivity contribution < 1.29 is 9.53 Å². The minimum absolute atomic E-state index is 0.401. The van der Waals surface area contributed by atoms with E-state index in [0.717, 1.165) is 12.8 Å². The zero-order valence-corrected chi connectivity index (χ0v) is 9.43. The van der Waals surface area contributed by atoms with E-state index in [9.17, 15) is 4.79 Å². The molecule has 16 heavy (non-hydrogen) atoms. The first-order valence-electron chi connectivity index (χ1n) is 5.20. The number of pyridine rings is 1. The maximum absolute atomic E-state index is 11.6. The van der Waals surface area contributed by atoms with Crippen LogP contribution in [0.3, 0.4) is 0 Å². The van der Waals surface area contributed by atoms with Gasteiger partial charge in [-0.2, -0.15) is 0 Å². The Morgan fingerprint density at radius 3 is 2.88 bits per heavy atom. The van der Waals surface area contributed by atoms with Gasteiger partial charge >= 0.3 is 5.97 Å². The minimum atomic E-state index is -0.401. The van der Waals surface area contributed by atoms with Crippen molar-refractivity contribution >= 4 is 17.5 Å². The number of nitrogen functional groups attached to an aromatic ring is 1. The van der Waals surface area contributed by atoms with Gasteiger partial charge in [-0.3, -0.25) is 0 Å². The molecule has 0 saturated heterocycles. The molecule has 1 fully saturated rings. The second-order valence-electron chi connectivity index (χ2n) is 3.97. The quantitative estimate of drug-likeness (QED) is 0.772. The van der Waals surface area contributed by atoms with Crippen LogP contribution in [0.2, 0.25) is 0 Å². The maximum Gasteiger partial charge on any atom is 0.341 e. The number of nitrogens with two attached hydrogens (primary N) is 1. The lowest BCUT2D eigenvalue weighted by Gasteiger charge is -2.19. The van der Waals surface area contributed by atoms with Crippen LogP contribution >= 0.6 is 0 Å². The standard InChI is InChI=1S/C11H15N3O2/c1-14(8-3-4-8)10-9(11(15)16-2)5-7(12)6-13-10/h5-6,8H,3-4,12H2,1-2H3. The lowest BCUT2D eigenvalue weighted by Crippen LogP contribution is -2.23. The molecule has 0 unspecified atom stereocenters. The predicted octanol–water partition coefficient (Wildman–Crippen LogP) is 1.05. The summed E-state index contributed by atoms with van der Waals surface area (Å²) in [5.74, 6) is 0.242. The number of ether oxygens (including phenoxy) is 1. The van der Waals surface area contributed by atoms with Gasteiger partial charge < -0.3 is 15.4 Å². The Kier molecular flexibility index (Phi) is 2.68. The Morgan fingerprint density at radius 2 is 2.31 bits per heavy atom. The number of esters is 1. The fourth-order valence-electron chi connectivity index (χ4n) is 1.65. The third kappa shape index (κ3) is 1.93. The highest BCUT2D eigenvalue weighted by atomic mass is 16.5. The molecule has 1 aromatic heterocycles. The molecule has 1 aliphatic carbocycles. The van der Waals surface area contributed by atoms with Crippen molar-refractivity contribution in [2.24, 2.45) is 0 Å². The SMILES string of the molecule is COC(=O)c1cc(N)cnc1N(C)C1CC1. The van der Waals surface area contributed by atoms with Crippen LogP contribution in [0.1, 0.15) is 23.2 Å². The fourth-order valence-corrected chi connectivity index (χ4v) is 1.65. The van der Waals surface area contributed by atoms with Gasteiger partial charge in [-0.1, -0.05) is 0 Å². The highest BCUT2D eigenvalue weighted by Crippen LogP contribution is 2.31. The van der Waals surface area contributed by atoms with Gasteiger partial charge in [-0.05, 0) is 18.9 Å². The summed E-state index contributed by atoms with van der Waals surface area (Å²) in [7, 11) is 3.29. The molecule has 1 heterocycles. The lowest BCUT2D eigenvalue weighted by molar-refractivity contribution is 0.0601. The van der Waals surface area contributed by atoms with Gasteiger partial charge in [0.25, 0.3) is 0 Å². The third-order valence-electron chi connectivity index (χ3n) is 2.72. The zero-order valence-electron chi connectivity index (χ0n) is 9.43. The highest BCUT2D eigenvalue weighted by Gasteiger charge is 2.29. The topological polar surface area (TPSA) is 68.5 Å². The first kappa shape index (κ1) is 10.7. The van der Waals surface area contributed by atoms with Crippen molar-refractivity contribution in [1.29, 1.82) is 0 Å². The van der Waals surface area contributed by atoms with Gasteiger partial charge in [0.1, 0.15) is 11.4 Å². The second kappa shape index (κ2) is 4.00. The van der Waals surface area contributed by atoms with Crippen molar-refractivity contribution in [3.05, 3.63) is 17.8 Å². The van der Waals surface area contributed by atoms with Crippen LogP contribution in [0, 0.1) is 0 Å². The molecule has 0 spiro atoms. The molecule has 0 aliphatic heterocycles. The van der Waals surface area contributed by atoms with E-state index < -0.39 is 5.97 Å².